The maximum absolute atomic E-state index is 12.4. The van der Waals surface area contributed by atoms with E-state index in [2.05, 4.69) is 6.92 Å². The Hall–Kier alpha value is -1.29. The third kappa shape index (κ3) is 1.75. The normalized spacial score (nSPS) is 30.1. The summed E-state index contributed by atoms with van der Waals surface area (Å²) in [5.74, 6) is 0.489. The van der Waals surface area contributed by atoms with Crippen molar-refractivity contribution in [2.75, 3.05) is 6.54 Å². The van der Waals surface area contributed by atoms with E-state index in [4.69, 9.17) is 0 Å². The minimum Gasteiger partial charge on any atom is -0.273 e. The van der Waals surface area contributed by atoms with Crippen molar-refractivity contribution in [3.8, 4) is 0 Å². The van der Waals surface area contributed by atoms with Crippen molar-refractivity contribution in [3.63, 3.8) is 0 Å². The number of sulfonamides is 1. The summed E-state index contributed by atoms with van der Waals surface area (Å²) in [7, 11) is -3.37. The molecule has 3 nitrogen and oxygen atoms in total. The first kappa shape index (κ1) is 11.8. The van der Waals surface area contributed by atoms with Gasteiger partial charge in [-0.05, 0) is 36.8 Å². The fourth-order valence-corrected chi connectivity index (χ4v) is 3.85. The predicted octanol–water partition coefficient (Wildman–Crippen LogP) is 2.54. The SMILES string of the molecule is Cc1ccc(S(=O)(=O)N2C=C[C@]3(C)C[C@@H]3C2)cc1. The molecule has 1 aliphatic heterocycles. The van der Waals surface area contributed by atoms with Crippen LogP contribution >= 0.6 is 0 Å². The minimum atomic E-state index is -3.37. The van der Waals surface area contributed by atoms with Gasteiger partial charge in [0, 0.05) is 12.7 Å². The van der Waals surface area contributed by atoms with Crippen LogP contribution in [0, 0.1) is 18.3 Å². The summed E-state index contributed by atoms with van der Waals surface area (Å²) >= 11 is 0. The van der Waals surface area contributed by atoms with Crippen LogP contribution in [0.1, 0.15) is 18.9 Å². The monoisotopic (exact) mass is 263 g/mol. The van der Waals surface area contributed by atoms with E-state index in [0.29, 0.717) is 17.4 Å². The zero-order valence-electron chi connectivity index (χ0n) is 10.6. The number of benzene rings is 1. The molecule has 1 aliphatic carbocycles. The Balaban J connectivity index is 1.92. The summed E-state index contributed by atoms with van der Waals surface area (Å²) in [6.07, 6.45) is 4.87. The van der Waals surface area contributed by atoms with Crippen LogP contribution in [0.2, 0.25) is 0 Å². The number of aryl methyl sites for hydroxylation is 1. The van der Waals surface area contributed by atoms with Gasteiger partial charge in [-0.2, -0.15) is 0 Å². The average molecular weight is 263 g/mol. The topological polar surface area (TPSA) is 37.4 Å². The zero-order valence-corrected chi connectivity index (χ0v) is 11.4. The second kappa shape index (κ2) is 3.60. The average Bonchev–Trinajstić information content (AvgIpc) is 3.00. The van der Waals surface area contributed by atoms with Crippen LogP contribution in [0.3, 0.4) is 0 Å². The fraction of sp³-hybridized carbons (Fsp3) is 0.429. The van der Waals surface area contributed by atoms with Gasteiger partial charge < -0.3 is 0 Å². The maximum atomic E-state index is 12.4. The number of hydrogen-bond donors (Lipinski definition) is 0. The molecule has 0 amide bonds. The van der Waals surface area contributed by atoms with Crippen LogP contribution in [0.4, 0.5) is 0 Å². The smallest absolute Gasteiger partial charge is 0.263 e. The molecule has 0 saturated heterocycles. The Labute approximate surface area is 108 Å². The number of hydrogen-bond acceptors (Lipinski definition) is 2. The molecule has 4 heteroatoms. The number of rotatable bonds is 2. The lowest BCUT2D eigenvalue weighted by Crippen LogP contribution is -2.31. The van der Waals surface area contributed by atoms with E-state index >= 15 is 0 Å². The third-order valence-electron chi connectivity index (χ3n) is 4.11. The second-order valence-electron chi connectivity index (χ2n) is 5.61. The molecule has 0 aromatic heterocycles. The predicted molar refractivity (Wildman–Crippen MR) is 70.4 cm³/mol. The van der Waals surface area contributed by atoms with Gasteiger partial charge in [0.05, 0.1) is 4.90 Å². The Morgan fingerprint density at radius 2 is 1.94 bits per heavy atom. The lowest BCUT2D eigenvalue weighted by atomic mass is 10.1. The van der Waals surface area contributed by atoms with E-state index in [1.54, 1.807) is 18.3 Å². The van der Waals surface area contributed by atoms with Crippen LogP contribution < -0.4 is 0 Å². The highest BCUT2D eigenvalue weighted by atomic mass is 32.2. The summed E-state index contributed by atoms with van der Waals surface area (Å²) in [5, 5.41) is 0. The maximum Gasteiger partial charge on any atom is 0.263 e. The zero-order chi connectivity index (χ0) is 13.0. The first-order valence-electron chi connectivity index (χ1n) is 6.20. The Morgan fingerprint density at radius 3 is 2.56 bits per heavy atom. The van der Waals surface area contributed by atoms with Crippen molar-refractivity contribution >= 4 is 10.0 Å². The molecule has 3 rings (SSSR count). The molecule has 2 aliphatic rings. The summed E-state index contributed by atoms with van der Waals surface area (Å²) in [6.45, 7) is 4.75. The highest BCUT2D eigenvalue weighted by Gasteiger charge is 2.51. The molecule has 1 aromatic carbocycles. The molecular weight excluding hydrogens is 246 g/mol. The number of nitrogens with zero attached hydrogens (tertiary/aromatic N) is 1. The van der Waals surface area contributed by atoms with Gasteiger partial charge in [0.25, 0.3) is 10.0 Å². The van der Waals surface area contributed by atoms with Crippen molar-refractivity contribution in [2.45, 2.75) is 25.2 Å². The third-order valence-corrected chi connectivity index (χ3v) is 5.86. The van der Waals surface area contributed by atoms with Gasteiger partial charge in [-0.25, -0.2) is 8.42 Å². The lowest BCUT2D eigenvalue weighted by Gasteiger charge is -2.25. The second-order valence-corrected chi connectivity index (χ2v) is 7.50. The molecule has 0 spiro atoms. The van der Waals surface area contributed by atoms with Crippen molar-refractivity contribution in [3.05, 3.63) is 42.1 Å². The summed E-state index contributed by atoms with van der Waals surface area (Å²) in [6, 6.07) is 7.03. The van der Waals surface area contributed by atoms with E-state index < -0.39 is 10.0 Å². The summed E-state index contributed by atoms with van der Waals surface area (Å²) < 4.78 is 26.4. The van der Waals surface area contributed by atoms with Gasteiger partial charge in [-0.3, -0.25) is 4.31 Å². The van der Waals surface area contributed by atoms with E-state index in [-0.39, 0.29) is 5.41 Å². The number of allylic oxidation sites excluding steroid dienone is 1. The van der Waals surface area contributed by atoms with Gasteiger partial charge in [0.1, 0.15) is 0 Å². The standard InChI is InChI=1S/C14H17NO2S/c1-11-3-5-13(6-4-11)18(16,17)15-8-7-14(2)9-12(14)10-15/h3-8,12H,9-10H2,1-2H3/t12-,14-/m1/s1. The van der Waals surface area contributed by atoms with Crippen LogP contribution in [-0.2, 0) is 10.0 Å². The molecule has 1 heterocycles. The largest absolute Gasteiger partial charge is 0.273 e. The molecule has 0 N–H and O–H groups in total. The lowest BCUT2D eigenvalue weighted by molar-refractivity contribution is 0.432. The van der Waals surface area contributed by atoms with Gasteiger partial charge in [-0.15, -0.1) is 0 Å². The van der Waals surface area contributed by atoms with Crippen molar-refractivity contribution in [1.29, 1.82) is 0 Å². The van der Waals surface area contributed by atoms with Crippen LogP contribution in [0.25, 0.3) is 0 Å². The highest BCUT2D eigenvalue weighted by Crippen LogP contribution is 2.56. The van der Waals surface area contributed by atoms with Crippen LogP contribution in [-0.4, -0.2) is 19.3 Å². The minimum absolute atomic E-state index is 0.249. The highest BCUT2D eigenvalue weighted by molar-refractivity contribution is 7.89. The summed E-state index contributed by atoms with van der Waals surface area (Å²) in [4.78, 5) is 0.377. The molecule has 0 unspecified atom stereocenters. The van der Waals surface area contributed by atoms with Crippen molar-refractivity contribution in [2.24, 2.45) is 11.3 Å². The van der Waals surface area contributed by atoms with Crippen LogP contribution in [0.5, 0.6) is 0 Å². The van der Waals surface area contributed by atoms with Gasteiger partial charge in [-0.1, -0.05) is 30.7 Å². The van der Waals surface area contributed by atoms with Crippen molar-refractivity contribution in [1.82, 2.24) is 4.31 Å². The molecule has 0 radical (unpaired) electrons. The molecule has 2 atom stereocenters. The molecule has 1 saturated carbocycles. The fourth-order valence-electron chi connectivity index (χ4n) is 2.50. The number of fused-ring (bicyclic) bond motifs is 1. The van der Waals surface area contributed by atoms with E-state index in [9.17, 15) is 8.42 Å². The molecule has 1 fully saturated rings. The van der Waals surface area contributed by atoms with Crippen molar-refractivity contribution < 1.29 is 8.42 Å². The summed E-state index contributed by atoms with van der Waals surface area (Å²) in [5.41, 5.74) is 1.32. The molecule has 18 heavy (non-hydrogen) atoms. The van der Waals surface area contributed by atoms with Gasteiger partial charge >= 0.3 is 0 Å². The van der Waals surface area contributed by atoms with E-state index in [1.807, 2.05) is 25.1 Å². The first-order valence-corrected chi connectivity index (χ1v) is 7.64. The van der Waals surface area contributed by atoms with Gasteiger partial charge in [0.15, 0.2) is 0 Å². The van der Waals surface area contributed by atoms with E-state index in [1.165, 1.54) is 4.31 Å². The Kier molecular flexibility index (Phi) is 2.36. The quantitative estimate of drug-likeness (QED) is 0.822. The van der Waals surface area contributed by atoms with E-state index in [0.717, 1.165) is 12.0 Å². The molecule has 0 bridgehead atoms. The van der Waals surface area contributed by atoms with Crippen LogP contribution in [0.15, 0.2) is 41.4 Å². The Morgan fingerprint density at radius 1 is 1.28 bits per heavy atom. The van der Waals surface area contributed by atoms with Gasteiger partial charge in [0.2, 0.25) is 0 Å². The first-order chi connectivity index (χ1) is 8.42. The molecule has 1 aromatic rings. The molecular formula is C14H17NO2S. The molecule has 96 valence electrons. The Bertz CT molecular complexity index is 603.